The van der Waals surface area contributed by atoms with Crippen LogP contribution < -0.4 is 9.47 Å². The molecule has 32 heavy (non-hydrogen) atoms. The predicted octanol–water partition coefficient (Wildman–Crippen LogP) is 6.02. The lowest BCUT2D eigenvalue weighted by atomic mass is 9.96. The Kier molecular flexibility index (Phi) is 19.1. The number of methoxy groups -OCH3 is 3. The summed E-state index contributed by atoms with van der Waals surface area (Å²) in [6, 6.07) is 11.5. The number of hydrogen-bond acceptors (Lipinski definition) is 6. The minimum Gasteiger partial charge on any atom is -0.496 e. The van der Waals surface area contributed by atoms with Crippen LogP contribution in [0.4, 0.5) is 0 Å². The molecule has 0 fully saturated rings. The normalized spacial score (nSPS) is 10.0. The molecule has 0 spiro atoms. The summed E-state index contributed by atoms with van der Waals surface area (Å²) < 4.78 is 15.7. The van der Waals surface area contributed by atoms with Gasteiger partial charge < -0.3 is 19.3 Å². The summed E-state index contributed by atoms with van der Waals surface area (Å²) in [4.78, 5) is 11.6. The predicted molar refractivity (Wildman–Crippen MR) is 138 cm³/mol. The van der Waals surface area contributed by atoms with Crippen molar-refractivity contribution >= 4 is 17.7 Å². The van der Waals surface area contributed by atoms with Crippen molar-refractivity contribution in [1.82, 2.24) is 0 Å². The molecule has 0 heterocycles. The van der Waals surface area contributed by atoms with Crippen molar-refractivity contribution < 1.29 is 24.1 Å². The van der Waals surface area contributed by atoms with Gasteiger partial charge in [0.1, 0.15) is 11.5 Å². The molecule has 1 unspecified atom stereocenters. The maximum atomic E-state index is 11.6. The summed E-state index contributed by atoms with van der Waals surface area (Å²) in [6.45, 7) is 11.8. The Labute approximate surface area is 198 Å². The van der Waals surface area contributed by atoms with Crippen molar-refractivity contribution in [1.29, 1.82) is 0 Å². The molecule has 0 saturated heterocycles. The smallest absolute Gasteiger partial charge is 0.308 e. The van der Waals surface area contributed by atoms with Gasteiger partial charge in [-0.3, -0.25) is 4.79 Å². The van der Waals surface area contributed by atoms with Crippen LogP contribution in [0.3, 0.4) is 0 Å². The highest BCUT2D eigenvalue weighted by Crippen LogP contribution is 2.39. The molecule has 0 aliphatic rings. The molecule has 1 atom stereocenters. The Morgan fingerprint density at radius 2 is 1.41 bits per heavy atom. The Morgan fingerprint density at radius 3 is 1.75 bits per heavy atom. The minimum atomic E-state index is -0.216. The van der Waals surface area contributed by atoms with E-state index in [1.54, 1.807) is 38.1 Å². The third-order valence-corrected chi connectivity index (χ3v) is 4.14. The fraction of sp³-hybridized carbons (Fsp3) is 0.423. The van der Waals surface area contributed by atoms with Gasteiger partial charge in [-0.1, -0.05) is 45.0 Å². The molecule has 0 radical (unpaired) electrons. The summed E-state index contributed by atoms with van der Waals surface area (Å²) in [5.74, 6) is 0.869. The number of benzene rings is 2. The molecular weight excluding hydrogens is 424 g/mol. The van der Waals surface area contributed by atoms with Crippen LogP contribution in [-0.2, 0) is 22.6 Å². The first-order chi connectivity index (χ1) is 15.4. The van der Waals surface area contributed by atoms with E-state index in [4.69, 9.17) is 14.2 Å². The average Bonchev–Trinajstić information content (AvgIpc) is 2.86. The SMILES string of the molecule is C=C.CC.COC(=O)C(C)Cc1ccc(-c2c(OC)cc(CO)cc2OC)cc1.CSC. The molecule has 0 amide bonds. The highest BCUT2D eigenvalue weighted by atomic mass is 32.2. The molecule has 0 saturated carbocycles. The third kappa shape index (κ3) is 10.2. The van der Waals surface area contributed by atoms with E-state index in [1.165, 1.54) is 7.11 Å². The van der Waals surface area contributed by atoms with Gasteiger partial charge in [-0.05, 0) is 47.8 Å². The highest BCUT2D eigenvalue weighted by molar-refractivity contribution is 7.97. The standard InChI is InChI=1S/C20H24O5.C2H6S.C2H6.C2H4/c1-13(20(22)25-4)9-14-5-7-16(8-6-14)19-17(23-2)10-15(12-21)11-18(19)24-3;1-3-2;2*1-2/h5-8,10-11,13,21H,9,12H2,1-4H3;1-2H3;1-2H3;1-2H2. The van der Waals surface area contributed by atoms with E-state index < -0.39 is 0 Å². The van der Waals surface area contributed by atoms with Crippen molar-refractivity contribution in [2.24, 2.45) is 5.92 Å². The maximum absolute atomic E-state index is 11.6. The molecule has 2 rings (SSSR count). The second kappa shape index (κ2) is 19.3. The second-order valence-electron chi connectivity index (χ2n) is 6.27. The van der Waals surface area contributed by atoms with Gasteiger partial charge in [0.25, 0.3) is 0 Å². The van der Waals surface area contributed by atoms with Crippen LogP contribution >= 0.6 is 11.8 Å². The third-order valence-electron chi connectivity index (χ3n) is 4.14. The van der Waals surface area contributed by atoms with Crippen LogP contribution in [0.25, 0.3) is 11.1 Å². The van der Waals surface area contributed by atoms with Gasteiger partial charge in [0.05, 0.1) is 39.4 Å². The van der Waals surface area contributed by atoms with Crippen molar-refractivity contribution in [2.45, 2.75) is 33.8 Å². The molecule has 5 nitrogen and oxygen atoms in total. The van der Waals surface area contributed by atoms with Crippen molar-refractivity contribution in [3.8, 4) is 22.6 Å². The number of thioether (sulfide) groups is 1. The fourth-order valence-corrected chi connectivity index (χ4v) is 2.79. The topological polar surface area (TPSA) is 65.0 Å². The number of carbonyl (C=O) groups is 1. The Hall–Kier alpha value is -2.44. The molecule has 0 bridgehead atoms. The van der Waals surface area contributed by atoms with Crippen LogP contribution in [0.2, 0.25) is 0 Å². The number of carbonyl (C=O) groups excluding carboxylic acids is 1. The zero-order valence-electron chi connectivity index (χ0n) is 20.9. The molecule has 6 heteroatoms. The van der Waals surface area contributed by atoms with E-state index in [0.29, 0.717) is 17.9 Å². The van der Waals surface area contributed by atoms with E-state index in [0.717, 1.165) is 22.3 Å². The van der Waals surface area contributed by atoms with Crippen LogP contribution in [0.1, 0.15) is 31.9 Å². The molecule has 2 aromatic carbocycles. The number of ether oxygens (including phenoxy) is 3. The molecule has 1 N–H and O–H groups in total. The summed E-state index contributed by atoms with van der Waals surface area (Å²) in [5, 5.41) is 9.38. The lowest BCUT2D eigenvalue weighted by Gasteiger charge is -2.16. The monoisotopic (exact) mass is 464 g/mol. The number of aliphatic hydroxyl groups excluding tert-OH is 1. The van der Waals surface area contributed by atoms with E-state index in [1.807, 2.05) is 57.5 Å². The second-order valence-corrected chi connectivity index (χ2v) is 7.08. The number of aliphatic hydroxyl groups is 1. The summed E-state index contributed by atoms with van der Waals surface area (Å²) >= 11 is 1.75. The lowest BCUT2D eigenvalue weighted by molar-refractivity contribution is -0.144. The summed E-state index contributed by atoms with van der Waals surface area (Å²) in [6.07, 6.45) is 4.70. The van der Waals surface area contributed by atoms with Crippen LogP contribution in [0.15, 0.2) is 49.6 Å². The average molecular weight is 465 g/mol. The first-order valence-corrected chi connectivity index (χ1v) is 12.0. The van der Waals surface area contributed by atoms with Crippen LogP contribution in [-0.4, -0.2) is 44.9 Å². The quantitative estimate of drug-likeness (QED) is 0.399. The lowest BCUT2D eigenvalue weighted by Crippen LogP contribution is -2.14. The molecular formula is C26H40O5S. The Morgan fingerprint density at radius 1 is 0.969 bits per heavy atom. The van der Waals surface area contributed by atoms with E-state index in [-0.39, 0.29) is 18.5 Å². The molecule has 0 aromatic heterocycles. The van der Waals surface area contributed by atoms with Crippen molar-refractivity contribution in [2.75, 3.05) is 33.8 Å². The Bertz CT molecular complexity index is 734. The van der Waals surface area contributed by atoms with E-state index in [2.05, 4.69) is 13.2 Å². The van der Waals surface area contributed by atoms with Crippen molar-refractivity contribution in [3.63, 3.8) is 0 Å². The van der Waals surface area contributed by atoms with Crippen molar-refractivity contribution in [3.05, 3.63) is 60.7 Å². The molecule has 2 aromatic rings. The van der Waals surface area contributed by atoms with Gasteiger partial charge >= 0.3 is 5.97 Å². The number of hydrogen-bond donors (Lipinski definition) is 1. The number of rotatable bonds is 7. The Balaban J connectivity index is 0. The van der Waals surface area contributed by atoms with Gasteiger partial charge in [-0.15, -0.1) is 13.2 Å². The summed E-state index contributed by atoms with van der Waals surface area (Å²) in [7, 11) is 4.58. The fourth-order valence-electron chi connectivity index (χ4n) is 2.79. The van der Waals surface area contributed by atoms with Crippen LogP contribution in [0.5, 0.6) is 11.5 Å². The summed E-state index contributed by atoms with van der Waals surface area (Å²) in [5.41, 5.74) is 3.54. The minimum absolute atomic E-state index is 0.0860. The highest BCUT2D eigenvalue weighted by Gasteiger charge is 2.16. The first-order valence-electron chi connectivity index (χ1n) is 10.4. The molecule has 0 aliphatic heterocycles. The first kappa shape index (κ1) is 31.7. The van der Waals surface area contributed by atoms with E-state index >= 15 is 0 Å². The van der Waals surface area contributed by atoms with E-state index in [9.17, 15) is 9.90 Å². The maximum Gasteiger partial charge on any atom is 0.308 e. The zero-order chi connectivity index (χ0) is 25.1. The largest absolute Gasteiger partial charge is 0.496 e. The number of esters is 1. The van der Waals surface area contributed by atoms with Gasteiger partial charge in [0, 0.05) is 0 Å². The van der Waals surface area contributed by atoms with Crippen LogP contribution in [0, 0.1) is 5.92 Å². The van der Waals surface area contributed by atoms with Gasteiger partial charge in [0.2, 0.25) is 0 Å². The molecule has 180 valence electrons. The zero-order valence-corrected chi connectivity index (χ0v) is 21.7. The van der Waals surface area contributed by atoms with Gasteiger partial charge in [-0.2, -0.15) is 11.8 Å². The van der Waals surface area contributed by atoms with Gasteiger partial charge in [-0.25, -0.2) is 0 Å². The molecule has 0 aliphatic carbocycles. The van der Waals surface area contributed by atoms with Gasteiger partial charge in [0.15, 0.2) is 0 Å².